The Balaban J connectivity index is 1.07. The minimum absolute atomic E-state index is 0.108. The number of H-pyrrole nitrogens is 1. The van der Waals surface area contributed by atoms with Crippen molar-refractivity contribution in [2.24, 2.45) is 0 Å². The van der Waals surface area contributed by atoms with Crippen LogP contribution in [0.25, 0.3) is 22.4 Å². The van der Waals surface area contributed by atoms with Crippen molar-refractivity contribution in [2.75, 3.05) is 31.2 Å². The third-order valence-corrected chi connectivity index (χ3v) is 6.58. The van der Waals surface area contributed by atoms with Crippen LogP contribution >= 0.6 is 0 Å². The van der Waals surface area contributed by atoms with E-state index in [0.717, 1.165) is 42.8 Å². The van der Waals surface area contributed by atoms with Gasteiger partial charge < -0.3 is 29.2 Å². The third-order valence-electron chi connectivity index (χ3n) is 6.58. The second-order valence-electron chi connectivity index (χ2n) is 8.68. The number of hydrogen-bond donors (Lipinski definition) is 2. The van der Waals surface area contributed by atoms with E-state index in [1.165, 1.54) is 12.1 Å². The topological polar surface area (TPSA) is 92.7 Å². The van der Waals surface area contributed by atoms with Crippen molar-refractivity contribution in [3.8, 4) is 11.4 Å². The zero-order chi connectivity index (χ0) is 21.7. The van der Waals surface area contributed by atoms with Gasteiger partial charge in [-0.25, -0.2) is 14.4 Å². The molecule has 1 aromatic carbocycles. The molecule has 4 atom stereocenters. The fourth-order valence-electron chi connectivity index (χ4n) is 4.86. The van der Waals surface area contributed by atoms with Crippen LogP contribution in [-0.2, 0) is 14.2 Å². The summed E-state index contributed by atoms with van der Waals surface area (Å²) in [5.41, 5.74) is 2.25. The number of anilines is 1. The molecule has 0 saturated carbocycles. The third kappa shape index (κ3) is 3.65. The van der Waals surface area contributed by atoms with Crippen LogP contribution in [0.1, 0.15) is 12.8 Å². The number of benzene rings is 1. The summed E-state index contributed by atoms with van der Waals surface area (Å²) < 4.78 is 31.0. The Morgan fingerprint density at radius 3 is 2.75 bits per heavy atom. The lowest BCUT2D eigenvalue weighted by atomic mass is 10.1. The highest BCUT2D eigenvalue weighted by atomic mass is 19.1. The first-order chi connectivity index (χ1) is 15.6. The molecular formula is C23H25FN4O4. The van der Waals surface area contributed by atoms with Gasteiger partial charge >= 0.3 is 0 Å². The minimum Gasteiger partial charge on any atom is -0.388 e. The standard InChI is InChI=1S/C23H25FN4O4/c24-14-2-3-16-17(9-14)27-23(26-16)13-1-4-20(25-10-13)28-7-5-15(6-8-28)32-19-12-31-21-18(29)11-30-22(19)21/h1-4,9-10,15,18-19,21-22,29H,5-8,11-12H2,(H,26,27). The van der Waals surface area contributed by atoms with Crippen molar-refractivity contribution in [1.82, 2.24) is 15.0 Å². The smallest absolute Gasteiger partial charge is 0.140 e. The van der Waals surface area contributed by atoms with E-state index < -0.39 is 6.10 Å². The quantitative estimate of drug-likeness (QED) is 0.643. The number of imidazole rings is 1. The molecule has 3 aromatic rings. The van der Waals surface area contributed by atoms with Crippen LogP contribution < -0.4 is 4.90 Å². The summed E-state index contributed by atoms with van der Waals surface area (Å²) in [6.45, 7) is 2.50. The number of aliphatic hydroxyl groups excluding tert-OH is 1. The number of hydrogen-bond acceptors (Lipinski definition) is 7. The number of pyridine rings is 1. The molecule has 3 fully saturated rings. The number of piperidine rings is 1. The SMILES string of the molecule is OC1COC2C(OC3CCN(c4ccc(-c5nc6ccc(F)cc6[nH]5)cn4)CC3)COC12. The normalized spacial score (nSPS) is 28.5. The molecule has 3 saturated heterocycles. The van der Waals surface area contributed by atoms with Gasteiger partial charge in [0.15, 0.2) is 0 Å². The number of rotatable bonds is 4. The number of nitrogens with zero attached hydrogens (tertiary/aromatic N) is 3. The molecule has 0 amide bonds. The summed E-state index contributed by atoms with van der Waals surface area (Å²) in [7, 11) is 0. The maximum Gasteiger partial charge on any atom is 0.140 e. The van der Waals surface area contributed by atoms with Gasteiger partial charge in [0.1, 0.15) is 41.9 Å². The minimum atomic E-state index is -0.551. The maximum absolute atomic E-state index is 13.4. The van der Waals surface area contributed by atoms with Gasteiger partial charge in [-0.2, -0.15) is 0 Å². The van der Waals surface area contributed by atoms with Crippen molar-refractivity contribution in [3.05, 3.63) is 42.3 Å². The average molecular weight is 440 g/mol. The van der Waals surface area contributed by atoms with E-state index in [1.54, 1.807) is 12.3 Å². The highest BCUT2D eigenvalue weighted by Crippen LogP contribution is 2.31. The lowest BCUT2D eigenvalue weighted by Gasteiger charge is -2.34. The van der Waals surface area contributed by atoms with Crippen molar-refractivity contribution < 1.29 is 23.7 Å². The fraction of sp³-hybridized carbons (Fsp3) is 0.478. The van der Waals surface area contributed by atoms with Crippen molar-refractivity contribution in [2.45, 2.75) is 43.4 Å². The molecule has 8 nitrogen and oxygen atoms in total. The van der Waals surface area contributed by atoms with Gasteiger partial charge in [0.25, 0.3) is 0 Å². The van der Waals surface area contributed by atoms with Gasteiger partial charge in [0.2, 0.25) is 0 Å². The predicted octanol–water partition coefficient (Wildman–Crippen LogP) is 2.28. The Bertz CT molecular complexity index is 1100. The molecule has 0 radical (unpaired) electrons. The van der Waals surface area contributed by atoms with Crippen LogP contribution in [0.15, 0.2) is 36.5 Å². The van der Waals surface area contributed by atoms with Crippen LogP contribution in [0.4, 0.5) is 10.2 Å². The Kier molecular flexibility index (Phi) is 5.06. The highest BCUT2D eigenvalue weighted by Gasteiger charge is 2.48. The molecule has 2 N–H and O–H groups in total. The van der Waals surface area contributed by atoms with Crippen LogP contribution in [0.2, 0.25) is 0 Å². The van der Waals surface area contributed by atoms with Gasteiger partial charge in [0.05, 0.1) is 30.4 Å². The summed E-state index contributed by atoms with van der Waals surface area (Å²) in [5, 5.41) is 9.88. The highest BCUT2D eigenvalue weighted by molar-refractivity contribution is 5.79. The van der Waals surface area contributed by atoms with E-state index in [9.17, 15) is 9.50 Å². The number of aromatic nitrogens is 3. The zero-order valence-corrected chi connectivity index (χ0v) is 17.5. The van der Waals surface area contributed by atoms with E-state index in [0.29, 0.717) is 24.6 Å². The number of fused-ring (bicyclic) bond motifs is 2. The van der Waals surface area contributed by atoms with Crippen molar-refractivity contribution in [3.63, 3.8) is 0 Å². The Hall–Kier alpha value is -2.59. The molecule has 9 heteroatoms. The first-order valence-electron chi connectivity index (χ1n) is 11.1. The van der Waals surface area contributed by atoms with E-state index in [1.807, 2.05) is 12.1 Å². The molecule has 3 aliphatic heterocycles. The van der Waals surface area contributed by atoms with Crippen molar-refractivity contribution in [1.29, 1.82) is 0 Å². The monoisotopic (exact) mass is 440 g/mol. The molecular weight excluding hydrogens is 415 g/mol. The van der Waals surface area contributed by atoms with E-state index in [2.05, 4.69) is 19.9 Å². The van der Waals surface area contributed by atoms with Crippen LogP contribution in [0.3, 0.4) is 0 Å². The van der Waals surface area contributed by atoms with Crippen molar-refractivity contribution >= 4 is 16.9 Å². The number of ether oxygens (including phenoxy) is 3. The zero-order valence-electron chi connectivity index (χ0n) is 17.5. The molecule has 32 heavy (non-hydrogen) atoms. The molecule has 168 valence electrons. The summed E-state index contributed by atoms with van der Waals surface area (Å²) >= 11 is 0. The first kappa shape index (κ1) is 20.0. The average Bonchev–Trinajstić information content (AvgIpc) is 3.51. The molecule has 3 aliphatic rings. The Morgan fingerprint density at radius 1 is 1.09 bits per heavy atom. The van der Waals surface area contributed by atoms with Crippen LogP contribution in [0.5, 0.6) is 0 Å². The molecule has 4 unspecified atom stereocenters. The molecule has 0 bridgehead atoms. The summed E-state index contributed by atoms with van der Waals surface area (Å²) in [5.74, 6) is 1.30. The number of aliphatic hydroxyl groups is 1. The predicted molar refractivity (Wildman–Crippen MR) is 115 cm³/mol. The van der Waals surface area contributed by atoms with Crippen LogP contribution in [-0.4, -0.2) is 76.9 Å². The summed E-state index contributed by atoms with van der Waals surface area (Å²) in [6, 6.07) is 8.49. The molecule has 0 aliphatic carbocycles. The van der Waals surface area contributed by atoms with Crippen LogP contribution in [0, 0.1) is 5.82 Å². The van der Waals surface area contributed by atoms with Gasteiger partial charge in [-0.15, -0.1) is 0 Å². The number of aromatic amines is 1. The van der Waals surface area contributed by atoms with Gasteiger partial charge in [-0.05, 0) is 43.2 Å². The number of nitrogens with one attached hydrogen (secondary N) is 1. The van der Waals surface area contributed by atoms with E-state index >= 15 is 0 Å². The van der Waals surface area contributed by atoms with E-state index in [4.69, 9.17) is 14.2 Å². The largest absolute Gasteiger partial charge is 0.388 e. The lowest BCUT2D eigenvalue weighted by Crippen LogP contribution is -2.41. The maximum atomic E-state index is 13.4. The lowest BCUT2D eigenvalue weighted by molar-refractivity contribution is -0.0782. The first-order valence-corrected chi connectivity index (χ1v) is 11.1. The van der Waals surface area contributed by atoms with E-state index in [-0.39, 0.29) is 30.2 Å². The second-order valence-corrected chi connectivity index (χ2v) is 8.68. The van der Waals surface area contributed by atoms with Gasteiger partial charge in [0, 0.05) is 24.8 Å². The van der Waals surface area contributed by atoms with Gasteiger partial charge in [-0.3, -0.25) is 0 Å². The second kappa shape index (κ2) is 8.08. The summed E-state index contributed by atoms with van der Waals surface area (Å²) in [4.78, 5) is 14.6. The molecule has 2 aromatic heterocycles. The van der Waals surface area contributed by atoms with Gasteiger partial charge in [-0.1, -0.05) is 0 Å². The molecule has 5 heterocycles. The fourth-order valence-corrected chi connectivity index (χ4v) is 4.86. The molecule has 6 rings (SSSR count). The Morgan fingerprint density at radius 2 is 1.94 bits per heavy atom. The number of halogens is 1. The summed E-state index contributed by atoms with van der Waals surface area (Å²) in [6.07, 6.45) is 2.67. The molecule has 0 spiro atoms. The Labute approximate surface area is 184 Å².